The van der Waals surface area contributed by atoms with E-state index in [9.17, 15) is 18.0 Å². The number of hydrogen-bond donors (Lipinski definition) is 2. The van der Waals surface area contributed by atoms with Crippen molar-refractivity contribution in [3.8, 4) is 5.75 Å². The molecule has 17 heavy (non-hydrogen) atoms. The van der Waals surface area contributed by atoms with Crippen LogP contribution >= 0.6 is 12.6 Å². The zero-order chi connectivity index (χ0) is 13.1. The van der Waals surface area contributed by atoms with Crippen molar-refractivity contribution in [2.24, 2.45) is 0 Å². The van der Waals surface area contributed by atoms with Crippen molar-refractivity contribution in [1.82, 2.24) is 0 Å². The Morgan fingerprint density at radius 2 is 1.88 bits per heavy atom. The lowest BCUT2D eigenvalue weighted by Crippen LogP contribution is -2.20. The predicted molar refractivity (Wildman–Crippen MR) is 60.2 cm³/mol. The normalized spacial score (nSPS) is 13.0. The molecular weight excluding hydrogens is 255 g/mol. The zero-order valence-electron chi connectivity index (χ0n) is 8.78. The highest BCUT2D eigenvalue weighted by Crippen LogP contribution is 2.23. The van der Waals surface area contributed by atoms with Crippen LogP contribution < -0.4 is 10.1 Å². The van der Waals surface area contributed by atoms with Gasteiger partial charge in [-0.15, -0.1) is 13.2 Å². The summed E-state index contributed by atoms with van der Waals surface area (Å²) in [6.07, 6.45) is -4.72. The Morgan fingerprint density at radius 1 is 1.35 bits per heavy atom. The molecule has 0 aliphatic rings. The largest absolute Gasteiger partial charge is 0.573 e. The molecule has 1 rings (SSSR count). The molecule has 1 unspecified atom stereocenters. The lowest BCUT2D eigenvalue weighted by molar-refractivity contribution is -0.274. The zero-order valence-corrected chi connectivity index (χ0v) is 9.68. The van der Waals surface area contributed by atoms with E-state index in [0.717, 1.165) is 12.1 Å². The molecule has 0 heterocycles. The molecule has 7 heteroatoms. The minimum atomic E-state index is -4.72. The van der Waals surface area contributed by atoms with Crippen LogP contribution in [-0.4, -0.2) is 17.5 Å². The van der Waals surface area contributed by atoms with Crippen LogP contribution in [0.25, 0.3) is 0 Å². The van der Waals surface area contributed by atoms with E-state index in [2.05, 4.69) is 22.7 Å². The molecule has 0 aromatic heterocycles. The Bertz CT molecular complexity index is 390. The van der Waals surface area contributed by atoms with Gasteiger partial charge in [-0.05, 0) is 31.2 Å². The second-order valence-electron chi connectivity index (χ2n) is 3.24. The quantitative estimate of drug-likeness (QED) is 0.825. The third kappa shape index (κ3) is 4.99. The molecule has 0 radical (unpaired) electrons. The summed E-state index contributed by atoms with van der Waals surface area (Å²) in [6.45, 7) is 1.58. The van der Waals surface area contributed by atoms with Gasteiger partial charge in [0, 0.05) is 5.69 Å². The van der Waals surface area contributed by atoms with Crippen molar-refractivity contribution < 1.29 is 22.7 Å². The fraction of sp³-hybridized carbons (Fsp3) is 0.300. The van der Waals surface area contributed by atoms with Gasteiger partial charge in [0.1, 0.15) is 5.75 Å². The highest BCUT2D eigenvalue weighted by molar-refractivity contribution is 7.81. The molecule has 0 fully saturated rings. The topological polar surface area (TPSA) is 38.3 Å². The van der Waals surface area contributed by atoms with E-state index in [-0.39, 0.29) is 11.7 Å². The minimum Gasteiger partial charge on any atom is -0.406 e. The van der Waals surface area contributed by atoms with Gasteiger partial charge >= 0.3 is 6.36 Å². The molecule has 1 N–H and O–H groups in total. The predicted octanol–water partition coefficient (Wildman–Crippen LogP) is 2.84. The average molecular weight is 265 g/mol. The number of halogens is 3. The molecule has 3 nitrogen and oxygen atoms in total. The maximum absolute atomic E-state index is 11.9. The fourth-order valence-electron chi connectivity index (χ4n) is 0.987. The highest BCUT2D eigenvalue weighted by atomic mass is 32.1. The van der Waals surface area contributed by atoms with E-state index in [4.69, 9.17) is 0 Å². The number of amides is 1. The van der Waals surface area contributed by atoms with E-state index >= 15 is 0 Å². The van der Waals surface area contributed by atoms with Gasteiger partial charge in [0.05, 0.1) is 5.25 Å². The lowest BCUT2D eigenvalue weighted by atomic mass is 10.3. The van der Waals surface area contributed by atoms with E-state index in [1.165, 1.54) is 12.1 Å². The summed E-state index contributed by atoms with van der Waals surface area (Å²) in [5, 5.41) is 1.98. The maximum Gasteiger partial charge on any atom is 0.573 e. The Labute approximate surface area is 101 Å². The van der Waals surface area contributed by atoms with E-state index in [1.807, 2.05) is 0 Å². The molecule has 1 aromatic carbocycles. The molecular formula is C10H10F3NO2S. The Hall–Kier alpha value is -1.37. The van der Waals surface area contributed by atoms with Crippen LogP contribution in [0, 0.1) is 0 Å². The van der Waals surface area contributed by atoms with Gasteiger partial charge < -0.3 is 10.1 Å². The Kier molecular flexibility index (Phi) is 4.28. The Morgan fingerprint density at radius 3 is 2.29 bits per heavy atom. The van der Waals surface area contributed by atoms with Crippen molar-refractivity contribution >= 4 is 24.2 Å². The molecule has 1 aromatic rings. The summed E-state index contributed by atoms with van der Waals surface area (Å²) in [7, 11) is 0. The number of carbonyl (C=O) groups is 1. The molecule has 0 saturated heterocycles. The second kappa shape index (κ2) is 5.31. The summed E-state index contributed by atoms with van der Waals surface area (Å²) >= 11 is 3.91. The first-order valence-corrected chi connectivity index (χ1v) is 5.14. The molecule has 0 spiro atoms. The number of alkyl halides is 3. The van der Waals surface area contributed by atoms with Gasteiger partial charge in [0.15, 0.2) is 0 Å². The van der Waals surface area contributed by atoms with Gasteiger partial charge in [-0.25, -0.2) is 0 Å². The molecule has 0 aliphatic carbocycles. The summed E-state index contributed by atoms with van der Waals surface area (Å²) in [4.78, 5) is 11.2. The smallest absolute Gasteiger partial charge is 0.406 e. The number of anilines is 1. The van der Waals surface area contributed by atoms with Crippen LogP contribution in [0.4, 0.5) is 18.9 Å². The first kappa shape index (κ1) is 13.7. The van der Waals surface area contributed by atoms with Crippen LogP contribution in [-0.2, 0) is 4.79 Å². The van der Waals surface area contributed by atoms with E-state index in [1.54, 1.807) is 6.92 Å². The summed E-state index contributed by atoms with van der Waals surface area (Å²) in [5.41, 5.74) is 0.380. The molecule has 1 atom stereocenters. The number of nitrogens with one attached hydrogen (secondary N) is 1. The number of hydrogen-bond acceptors (Lipinski definition) is 3. The molecule has 0 bridgehead atoms. The minimum absolute atomic E-state index is 0.335. The third-order valence-corrected chi connectivity index (χ3v) is 1.97. The van der Waals surface area contributed by atoms with Crippen molar-refractivity contribution in [3.05, 3.63) is 24.3 Å². The molecule has 0 aliphatic heterocycles. The highest BCUT2D eigenvalue weighted by Gasteiger charge is 2.30. The van der Waals surface area contributed by atoms with Gasteiger partial charge in [-0.1, -0.05) is 0 Å². The monoisotopic (exact) mass is 265 g/mol. The second-order valence-corrected chi connectivity index (χ2v) is 4.01. The molecule has 1 amide bonds. The summed E-state index contributed by atoms with van der Waals surface area (Å²) in [6, 6.07) is 4.86. The number of thiol groups is 1. The summed E-state index contributed by atoms with van der Waals surface area (Å²) < 4.78 is 39.2. The standard InChI is InChI=1S/C10H10F3NO2S/c1-6(17)9(15)14-7-2-4-8(5-3-7)16-10(11,12)13/h2-6,17H,1H3,(H,14,15). The van der Waals surface area contributed by atoms with Crippen molar-refractivity contribution in [2.45, 2.75) is 18.5 Å². The van der Waals surface area contributed by atoms with Crippen LogP contribution in [0.5, 0.6) is 5.75 Å². The van der Waals surface area contributed by atoms with E-state index < -0.39 is 11.6 Å². The van der Waals surface area contributed by atoms with Gasteiger partial charge in [-0.2, -0.15) is 12.6 Å². The molecule has 0 saturated carbocycles. The molecule has 94 valence electrons. The van der Waals surface area contributed by atoms with Crippen molar-refractivity contribution in [3.63, 3.8) is 0 Å². The van der Waals surface area contributed by atoms with E-state index in [0.29, 0.717) is 5.69 Å². The number of carbonyl (C=O) groups excluding carboxylic acids is 1. The van der Waals surface area contributed by atoms with Crippen LogP contribution in [0.2, 0.25) is 0 Å². The van der Waals surface area contributed by atoms with Crippen LogP contribution in [0.3, 0.4) is 0 Å². The van der Waals surface area contributed by atoms with Crippen molar-refractivity contribution in [1.29, 1.82) is 0 Å². The lowest BCUT2D eigenvalue weighted by Gasteiger charge is -2.10. The maximum atomic E-state index is 11.9. The van der Waals surface area contributed by atoms with Crippen molar-refractivity contribution in [2.75, 3.05) is 5.32 Å². The van der Waals surface area contributed by atoms with Gasteiger partial charge in [0.25, 0.3) is 0 Å². The van der Waals surface area contributed by atoms with Crippen LogP contribution in [0.15, 0.2) is 24.3 Å². The van der Waals surface area contributed by atoms with Gasteiger partial charge in [0.2, 0.25) is 5.91 Å². The SMILES string of the molecule is CC(S)C(=O)Nc1ccc(OC(F)(F)F)cc1. The first-order valence-electron chi connectivity index (χ1n) is 4.62. The number of benzene rings is 1. The summed E-state index contributed by atoms with van der Waals surface area (Å²) in [5.74, 6) is -0.674. The third-order valence-electron chi connectivity index (χ3n) is 1.73. The van der Waals surface area contributed by atoms with Crippen LogP contribution in [0.1, 0.15) is 6.92 Å². The Balaban J connectivity index is 2.65. The average Bonchev–Trinajstić information content (AvgIpc) is 2.18. The first-order chi connectivity index (χ1) is 7.78. The van der Waals surface area contributed by atoms with Gasteiger partial charge in [-0.3, -0.25) is 4.79 Å². The number of ether oxygens (including phenoxy) is 1. The fourth-order valence-corrected chi connectivity index (χ4v) is 1.05. The number of rotatable bonds is 3.